The van der Waals surface area contributed by atoms with Crippen molar-refractivity contribution < 1.29 is 4.74 Å². The summed E-state index contributed by atoms with van der Waals surface area (Å²) in [5, 5.41) is 9.39. The zero-order valence-corrected chi connectivity index (χ0v) is 13.3. The highest BCUT2D eigenvalue weighted by atomic mass is 16.5. The molecular weight excluding hydrogens is 300 g/mol. The van der Waals surface area contributed by atoms with Gasteiger partial charge < -0.3 is 4.74 Å². The van der Waals surface area contributed by atoms with Gasteiger partial charge in [-0.25, -0.2) is 4.68 Å². The first-order valence-corrected chi connectivity index (χ1v) is 7.74. The van der Waals surface area contributed by atoms with Gasteiger partial charge in [-0.3, -0.25) is 4.98 Å². The summed E-state index contributed by atoms with van der Waals surface area (Å²) in [6, 6.07) is 18.0. The van der Waals surface area contributed by atoms with Crippen LogP contribution in [0.25, 0.3) is 16.6 Å². The minimum Gasteiger partial charge on any atom is -0.485 e. The number of pyridine rings is 1. The predicted molar refractivity (Wildman–Crippen MR) is 92.2 cm³/mol. The normalized spacial score (nSPS) is 10.9. The van der Waals surface area contributed by atoms with E-state index in [2.05, 4.69) is 34.4 Å². The van der Waals surface area contributed by atoms with Crippen molar-refractivity contribution in [1.82, 2.24) is 20.0 Å². The summed E-state index contributed by atoms with van der Waals surface area (Å²) in [7, 11) is 0. The van der Waals surface area contributed by atoms with Gasteiger partial charge in [-0.1, -0.05) is 41.1 Å². The maximum absolute atomic E-state index is 5.90. The van der Waals surface area contributed by atoms with Crippen molar-refractivity contribution in [2.45, 2.75) is 13.5 Å². The first-order chi connectivity index (χ1) is 11.8. The van der Waals surface area contributed by atoms with Gasteiger partial charge in [-0.15, -0.1) is 5.10 Å². The Morgan fingerprint density at radius 3 is 2.71 bits per heavy atom. The van der Waals surface area contributed by atoms with E-state index in [0.717, 1.165) is 28.0 Å². The van der Waals surface area contributed by atoms with Crippen LogP contribution in [-0.2, 0) is 6.61 Å². The number of benzene rings is 2. The highest BCUT2D eigenvalue weighted by Gasteiger charge is 2.06. The predicted octanol–water partition coefficient (Wildman–Crippen LogP) is 3.70. The van der Waals surface area contributed by atoms with Crippen molar-refractivity contribution in [1.29, 1.82) is 0 Å². The third-order valence-corrected chi connectivity index (χ3v) is 3.81. The summed E-state index contributed by atoms with van der Waals surface area (Å²) in [6.45, 7) is 2.41. The third kappa shape index (κ3) is 2.84. The lowest BCUT2D eigenvalue weighted by Crippen LogP contribution is -1.97. The first-order valence-electron chi connectivity index (χ1n) is 7.74. The van der Waals surface area contributed by atoms with E-state index in [-0.39, 0.29) is 0 Å². The standard InChI is InChI=1S/C19H16N4O/c1-14-7-9-17(10-8-14)23-12-16(21-22-23)13-24-18-6-2-4-15-5-3-11-20-19(15)18/h2-12H,13H2,1H3. The van der Waals surface area contributed by atoms with E-state index >= 15 is 0 Å². The molecule has 0 bridgehead atoms. The van der Waals surface area contributed by atoms with Crippen LogP contribution in [0.5, 0.6) is 5.75 Å². The second kappa shape index (κ2) is 6.12. The number of rotatable bonds is 4. The SMILES string of the molecule is Cc1ccc(-n2cc(COc3cccc4cccnc34)nn2)cc1. The largest absolute Gasteiger partial charge is 0.485 e. The zero-order valence-electron chi connectivity index (χ0n) is 13.3. The average Bonchev–Trinajstić information content (AvgIpc) is 3.09. The van der Waals surface area contributed by atoms with E-state index in [1.165, 1.54) is 5.56 Å². The molecule has 0 aliphatic heterocycles. The van der Waals surface area contributed by atoms with E-state index in [1.54, 1.807) is 10.9 Å². The molecule has 0 unspecified atom stereocenters. The molecule has 4 rings (SSSR count). The van der Waals surface area contributed by atoms with Crippen molar-refractivity contribution in [3.8, 4) is 11.4 Å². The molecule has 2 heterocycles. The number of ether oxygens (including phenoxy) is 1. The molecule has 0 aliphatic rings. The first kappa shape index (κ1) is 14.4. The minimum absolute atomic E-state index is 0.349. The summed E-state index contributed by atoms with van der Waals surface area (Å²) < 4.78 is 7.64. The molecule has 5 heteroatoms. The lowest BCUT2D eigenvalue weighted by atomic mass is 10.2. The van der Waals surface area contributed by atoms with Crippen LogP contribution in [0, 0.1) is 6.92 Å². The van der Waals surface area contributed by atoms with Crippen molar-refractivity contribution in [3.63, 3.8) is 0 Å². The van der Waals surface area contributed by atoms with Crippen molar-refractivity contribution in [3.05, 3.63) is 78.2 Å². The van der Waals surface area contributed by atoms with Gasteiger partial charge in [0.05, 0.1) is 11.9 Å². The van der Waals surface area contributed by atoms with Crippen molar-refractivity contribution in [2.24, 2.45) is 0 Å². The number of aryl methyl sites for hydroxylation is 1. The summed E-state index contributed by atoms with van der Waals surface area (Å²) in [6.07, 6.45) is 3.64. The number of aromatic nitrogens is 4. The molecular formula is C19H16N4O. The number of nitrogens with zero attached hydrogens (tertiary/aromatic N) is 4. The minimum atomic E-state index is 0.349. The quantitative estimate of drug-likeness (QED) is 0.576. The Morgan fingerprint density at radius 2 is 1.83 bits per heavy atom. The number of fused-ring (bicyclic) bond motifs is 1. The molecule has 24 heavy (non-hydrogen) atoms. The molecule has 2 aromatic carbocycles. The zero-order chi connectivity index (χ0) is 16.4. The van der Waals surface area contributed by atoms with Gasteiger partial charge in [0.15, 0.2) is 0 Å². The van der Waals surface area contributed by atoms with Crippen molar-refractivity contribution in [2.75, 3.05) is 0 Å². The number of hydrogen-bond donors (Lipinski definition) is 0. The molecule has 0 aliphatic carbocycles. The summed E-state index contributed by atoms with van der Waals surface area (Å²) in [5.41, 5.74) is 3.81. The number of para-hydroxylation sites is 1. The highest BCUT2D eigenvalue weighted by Crippen LogP contribution is 2.23. The molecule has 0 N–H and O–H groups in total. The fourth-order valence-corrected chi connectivity index (χ4v) is 2.53. The maximum Gasteiger partial charge on any atom is 0.146 e. The molecule has 0 radical (unpaired) electrons. The summed E-state index contributed by atoms with van der Waals surface area (Å²) in [5.74, 6) is 0.748. The smallest absolute Gasteiger partial charge is 0.146 e. The molecule has 5 nitrogen and oxygen atoms in total. The second-order valence-corrected chi connectivity index (χ2v) is 5.61. The average molecular weight is 316 g/mol. The lowest BCUT2D eigenvalue weighted by molar-refractivity contribution is 0.304. The molecule has 0 saturated heterocycles. The van der Waals surface area contributed by atoms with Crippen LogP contribution in [-0.4, -0.2) is 20.0 Å². The summed E-state index contributed by atoms with van der Waals surface area (Å²) >= 11 is 0. The Hall–Kier alpha value is -3.21. The van der Waals surface area contributed by atoms with Gasteiger partial charge in [0.1, 0.15) is 23.6 Å². The lowest BCUT2D eigenvalue weighted by Gasteiger charge is -2.06. The Morgan fingerprint density at radius 1 is 1.00 bits per heavy atom. The Balaban J connectivity index is 1.53. The molecule has 4 aromatic rings. The molecule has 0 atom stereocenters. The van der Waals surface area contributed by atoms with E-state index in [4.69, 9.17) is 4.74 Å². The summed E-state index contributed by atoms with van der Waals surface area (Å²) in [4.78, 5) is 4.39. The Bertz CT molecular complexity index is 971. The molecule has 0 amide bonds. The molecule has 0 spiro atoms. The molecule has 118 valence electrons. The van der Waals surface area contributed by atoms with E-state index in [9.17, 15) is 0 Å². The fourth-order valence-electron chi connectivity index (χ4n) is 2.53. The van der Waals surface area contributed by atoms with Crippen LogP contribution >= 0.6 is 0 Å². The van der Waals surface area contributed by atoms with Crippen LogP contribution in [0.4, 0.5) is 0 Å². The van der Waals surface area contributed by atoms with Crippen LogP contribution in [0.1, 0.15) is 11.3 Å². The fraction of sp³-hybridized carbons (Fsp3) is 0.105. The second-order valence-electron chi connectivity index (χ2n) is 5.61. The van der Waals surface area contributed by atoms with Crippen molar-refractivity contribution >= 4 is 10.9 Å². The Kier molecular flexibility index (Phi) is 3.67. The van der Waals surface area contributed by atoms with E-state index in [0.29, 0.717) is 6.61 Å². The van der Waals surface area contributed by atoms with Crippen LogP contribution < -0.4 is 4.74 Å². The molecule has 0 fully saturated rings. The van der Waals surface area contributed by atoms with E-state index in [1.807, 2.05) is 48.7 Å². The van der Waals surface area contributed by atoms with Crippen LogP contribution in [0.3, 0.4) is 0 Å². The number of hydrogen-bond acceptors (Lipinski definition) is 4. The molecule has 2 aromatic heterocycles. The topological polar surface area (TPSA) is 52.8 Å². The van der Waals surface area contributed by atoms with Gasteiger partial charge >= 0.3 is 0 Å². The monoisotopic (exact) mass is 316 g/mol. The maximum atomic E-state index is 5.90. The van der Waals surface area contributed by atoms with Gasteiger partial charge in [0, 0.05) is 11.6 Å². The third-order valence-electron chi connectivity index (χ3n) is 3.81. The van der Waals surface area contributed by atoms with Gasteiger partial charge in [-0.2, -0.15) is 0 Å². The highest BCUT2D eigenvalue weighted by molar-refractivity contribution is 5.84. The van der Waals surface area contributed by atoms with Crippen LogP contribution in [0.15, 0.2) is 67.0 Å². The Labute approximate surface area is 139 Å². The van der Waals surface area contributed by atoms with E-state index < -0.39 is 0 Å². The van der Waals surface area contributed by atoms with Gasteiger partial charge in [0.25, 0.3) is 0 Å². The van der Waals surface area contributed by atoms with Crippen LogP contribution in [0.2, 0.25) is 0 Å². The molecule has 0 saturated carbocycles. The van der Waals surface area contributed by atoms with Gasteiger partial charge in [0.2, 0.25) is 0 Å². The van der Waals surface area contributed by atoms with Gasteiger partial charge in [-0.05, 0) is 31.2 Å².